The lowest BCUT2D eigenvalue weighted by Gasteiger charge is -2.12. The maximum atomic E-state index is 11.6. The number of rotatable bonds is 1. The van der Waals surface area contributed by atoms with Gasteiger partial charge < -0.3 is 9.32 Å². The molecule has 1 aromatic heterocycles. The fourth-order valence-electron chi connectivity index (χ4n) is 1.23. The van der Waals surface area contributed by atoms with Gasteiger partial charge in [-0.2, -0.15) is 0 Å². The van der Waals surface area contributed by atoms with E-state index in [2.05, 4.69) is 15.9 Å². The van der Waals surface area contributed by atoms with Crippen molar-refractivity contribution in [2.45, 2.75) is 0 Å². The third-order valence-corrected chi connectivity index (χ3v) is 2.32. The predicted octanol–water partition coefficient (Wildman–Crippen LogP) is 2.05. The predicted molar refractivity (Wildman–Crippen MR) is 51.5 cm³/mol. The maximum Gasteiger partial charge on any atom is 0.290 e. The molecule has 1 aromatic rings. The molecule has 2 rings (SSSR count). The molecule has 4 heteroatoms. The van der Waals surface area contributed by atoms with Gasteiger partial charge in [0.2, 0.25) is 0 Å². The summed E-state index contributed by atoms with van der Waals surface area (Å²) in [6, 6.07) is 3.39. The number of carbonyl (C=O) groups is 1. The van der Waals surface area contributed by atoms with Crippen LogP contribution in [0.15, 0.2) is 33.4 Å². The van der Waals surface area contributed by atoms with Crippen molar-refractivity contribution in [3.05, 3.63) is 34.7 Å². The average Bonchev–Trinajstić information content (AvgIpc) is 2.72. The zero-order chi connectivity index (χ0) is 9.26. The third kappa shape index (κ3) is 1.67. The van der Waals surface area contributed by atoms with E-state index < -0.39 is 0 Å². The number of hydrogen-bond donors (Lipinski definition) is 0. The third-order valence-electron chi connectivity index (χ3n) is 1.89. The van der Waals surface area contributed by atoms with Gasteiger partial charge >= 0.3 is 0 Å². The van der Waals surface area contributed by atoms with Crippen molar-refractivity contribution in [3.63, 3.8) is 0 Å². The molecule has 3 nitrogen and oxygen atoms in total. The van der Waals surface area contributed by atoms with Crippen LogP contribution in [-0.2, 0) is 0 Å². The Morgan fingerprint density at radius 2 is 2.08 bits per heavy atom. The molecule has 0 N–H and O–H groups in total. The minimum atomic E-state index is -0.0595. The largest absolute Gasteiger partial charge is 0.444 e. The van der Waals surface area contributed by atoms with Crippen LogP contribution in [0.1, 0.15) is 10.6 Å². The Labute approximate surface area is 84.1 Å². The van der Waals surface area contributed by atoms with Crippen LogP contribution in [0.2, 0.25) is 0 Å². The van der Waals surface area contributed by atoms with E-state index in [1.807, 2.05) is 12.2 Å². The van der Waals surface area contributed by atoms with Gasteiger partial charge in [-0.1, -0.05) is 12.2 Å². The van der Waals surface area contributed by atoms with E-state index in [1.165, 1.54) is 0 Å². The van der Waals surface area contributed by atoms with Gasteiger partial charge in [0, 0.05) is 13.1 Å². The lowest BCUT2D eigenvalue weighted by atomic mass is 10.4. The van der Waals surface area contributed by atoms with Crippen molar-refractivity contribution in [1.82, 2.24) is 4.90 Å². The first kappa shape index (κ1) is 8.56. The molecule has 0 unspecified atom stereocenters. The van der Waals surface area contributed by atoms with E-state index in [-0.39, 0.29) is 5.91 Å². The van der Waals surface area contributed by atoms with E-state index in [0.29, 0.717) is 23.5 Å². The Balaban J connectivity index is 2.13. The smallest absolute Gasteiger partial charge is 0.290 e. The van der Waals surface area contributed by atoms with Crippen LogP contribution in [0.5, 0.6) is 0 Å². The molecule has 2 heterocycles. The lowest BCUT2D eigenvalue weighted by molar-refractivity contribution is 0.0767. The van der Waals surface area contributed by atoms with Crippen molar-refractivity contribution in [2.75, 3.05) is 13.1 Å². The Bertz CT molecular complexity index is 348. The minimum Gasteiger partial charge on any atom is -0.444 e. The SMILES string of the molecule is O=C(c1ccc(Br)o1)N1CC=CC1. The van der Waals surface area contributed by atoms with E-state index in [1.54, 1.807) is 17.0 Å². The molecule has 0 saturated heterocycles. The Morgan fingerprint density at radius 1 is 1.38 bits per heavy atom. The summed E-state index contributed by atoms with van der Waals surface area (Å²) in [7, 11) is 0. The quantitative estimate of drug-likeness (QED) is 0.706. The minimum absolute atomic E-state index is 0.0595. The summed E-state index contributed by atoms with van der Waals surface area (Å²) >= 11 is 3.16. The molecule has 13 heavy (non-hydrogen) atoms. The number of hydrogen-bond acceptors (Lipinski definition) is 2. The number of nitrogens with zero attached hydrogens (tertiary/aromatic N) is 1. The summed E-state index contributed by atoms with van der Waals surface area (Å²) < 4.78 is 5.74. The summed E-state index contributed by atoms with van der Waals surface area (Å²) in [5.74, 6) is 0.325. The summed E-state index contributed by atoms with van der Waals surface area (Å²) in [6.07, 6.45) is 3.94. The summed E-state index contributed by atoms with van der Waals surface area (Å²) in [4.78, 5) is 13.3. The molecule has 0 saturated carbocycles. The number of halogens is 1. The standard InChI is InChI=1S/C9H8BrNO2/c10-8-4-3-7(13-8)9(12)11-5-1-2-6-11/h1-4H,5-6H2. The Kier molecular flexibility index (Phi) is 2.22. The van der Waals surface area contributed by atoms with Crippen LogP contribution in [0, 0.1) is 0 Å². The highest BCUT2D eigenvalue weighted by Gasteiger charge is 2.18. The number of carbonyl (C=O) groups excluding carboxylic acids is 1. The van der Waals surface area contributed by atoms with Crippen molar-refractivity contribution in [2.24, 2.45) is 0 Å². The fourth-order valence-corrected chi connectivity index (χ4v) is 1.54. The van der Waals surface area contributed by atoms with Crippen molar-refractivity contribution in [1.29, 1.82) is 0 Å². The van der Waals surface area contributed by atoms with Crippen LogP contribution in [0.3, 0.4) is 0 Å². The number of furan rings is 1. The van der Waals surface area contributed by atoms with Gasteiger partial charge in [0.1, 0.15) is 0 Å². The topological polar surface area (TPSA) is 33.5 Å². The van der Waals surface area contributed by atoms with Crippen molar-refractivity contribution < 1.29 is 9.21 Å². The summed E-state index contributed by atoms with van der Waals surface area (Å²) in [5.41, 5.74) is 0. The highest BCUT2D eigenvalue weighted by Crippen LogP contribution is 2.16. The first-order valence-corrected chi connectivity index (χ1v) is 4.76. The summed E-state index contributed by atoms with van der Waals surface area (Å²) in [5, 5.41) is 0. The lowest BCUT2D eigenvalue weighted by Crippen LogP contribution is -2.27. The second-order valence-corrected chi connectivity index (χ2v) is 3.57. The normalized spacial score (nSPS) is 15.3. The van der Waals surface area contributed by atoms with E-state index in [4.69, 9.17) is 4.42 Å². The molecule has 0 bridgehead atoms. The van der Waals surface area contributed by atoms with Gasteiger partial charge in [-0.15, -0.1) is 0 Å². The molecule has 0 fully saturated rings. The molecule has 1 aliphatic rings. The maximum absolute atomic E-state index is 11.6. The molecule has 0 radical (unpaired) electrons. The second-order valence-electron chi connectivity index (χ2n) is 2.79. The van der Waals surface area contributed by atoms with Gasteiger partial charge in [0.05, 0.1) is 0 Å². The monoisotopic (exact) mass is 241 g/mol. The van der Waals surface area contributed by atoms with Crippen molar-refractivity contribution in [3.8, 4) is 0 Å². The first-order valence-electron chi connectivity index (χ1n) is 3.97. The molecule has 0 aliphatic carbocycles. The van der Waals surface area contributed by atoms with E-state index in [0.717, 1.165) is 0 Å². The zero-order valence-corrected chi connectivity index (χ0v) is 8.45. The Hall–Kier alpha value is -1.03. The van der Waals surface area contributed by atoms with Crippen LogP contribution in [0.25, 0.3) is 0 Å². The molecular formula is C9H8BrNO2. The molecule has 1 aliphatic heterocycles. The molecule has 0 aromatic carbocycles. The van der Waals surface area contributed by atoms with E-state index in [9.17, 15) is 4.79 Å². The van der Waals surface area contributed by atoms with Gasteiger partial charge in [-0.25, -0.2) is 0 Å². The first-order chi connectivity index (χ1) is 6.27. The highest BCUT2D eigenvalue weighted by molar-refractivity contribution is 9.10. The average molecular weight is 242 g/mol. The molecule has 0 spiro atoms. The van der Waals surface area contributed by atoms with Crippen LogP contribution >= 0.6 is 15.9 Å². The fraction of sp³-hybridized carbons (Fsp3) is 0.222. The van der Waals surface area contributed by atoms with Crippen molar-refractivity contribution >= 4 is 21.8 Å². The van der Waals surface area contributed by atoms with Gasteiger partial charge in [0.25, 0.3) is 5.91 Å². The molecule has 0 atom stereocenters. The van der Waals surface area contributed by atoms with Crippen LogP contribution < -0.4 is 0 Å². The molecule has 1 amide bonds. The molecule has 68 valence electrons. The van der Waals surface area contributed by atoms with E-state index >= 15 is 0 Å². The van der Waals surface area contributed by atoms with Gasteiger partial charge in [-0.05, 0) is 28.1 Å². The Morgan fingerprint density at radius 3 is 2.62 bits per heavy atom. The summed E-state index contributed by atoms with van der Waals surface area (Å²) in [6.45, 7) is 1.36. The van der Waals surface area contributed by atoms with Crippen LogP contribution in [-0.4, -0.2) is 23.9 Å². The highest BCUT2D eigenvalue weighted by atomic mass is 79.9. The molecular weight excluding hydrogens is 234 g/mol. The van der Waals surface area contributed by atoms with Gasteiger partial charge in [-0.3, -0.25) is 4.79 Å². The number of amides is 1. The zero-order valence-electron chi connectivity index (χ0n) is 6.87. The second kappa shape index (κ2) is 3.38. The van der Waals surface area contributed by atoms with Crippen LogP contribution in [0.4, 0.5) is 0 Å². The van der Waals surface area contributed by atoms with Gasteiger partial charge in [0.15, 0.2) is 10.4 Å².